The van der Waals surface area contributed by atoms with Crippen LogP contribution in [0.4, 0.5) is 15.2 Å². The van der Waals surface area contributed by atoms with Gasteiger partial charge in [-0.15, -0.1) is 11.3 Å². The number of rotatable bonds is 8. The summed E-state index contributed by atoms with van der Waals surface area (Å²) in [5.74, 6) is 0.239. The van der Waals surface area contributed by atoms with Gasteiger partial charge in [0.2, 0.25) is 5.91 Å². The molecule has 1 unspecified atom stereocenters. The highest BCUT2D eigenvalue weighted by Crippen LogP contribution is 2.35. The van der Waals surface area contributed by atoms with Gasteiger partial charge in [-0.05, 0) is 67.1 Å². The van der Waals surface area contributed by atoms with E-state index in [0.717, 1.165) is 16.9 Å². The highest BCUT2D eigenvalue weighted by atomic mass is 35.5. The molecular formula is C24H21ClFN3O2S. The van der Waals surface area contributed by atoms with E-state index in [9.17, 15) is 9.18 Å². The zero-order valence-electron chi connectivity index (χ0n) is 17.3. The van der Waals surface area contributed by atoms with Crippen molar-refractivity contribution in [1.29, 1.82) is 0 Å². The monoisotopic (exact) mass is 469 g/mol. The molecule has 5 nitrogen and oxygen atoms in total. The van der Waals surface area contributed by atoms with Crippen LogP contribution in [0.2, 0.25) is 5.02 Å². The van der Waals surface area contributed by atoms with E-state index in [1.165, 1.54) is 23.5 Å². The van der Waals surface area contributed by atoms with Gasteiger partial charge in [-0.25, -0.2) is 9.37 Å². The average molecular weight is 470 g/mol. The van der Waals surface area contributed by atoms with E-state index < -0.39 is 6.04 Å². The Hall–Kier alpha value is -3.16. The molecule has 4 rings (SSSR count). The molecule has 32 heavy (non-hydrogen) atoms. The predicted octanol–water partition coefficient (Wildman–Crippen LogP) is 6.43. The molecule has 0 saturated carbocycles. The molecule has 1 amide bonds. The van der Waals surface area contributed by atoms with Crippen molar-refractivity contribution in [2.45, 2.75) is 25.9 Å². The van der Waals surface area contributed by atoms with Crippen LogP contribution in [0, 0.1) is 5.82 Å². The molecule has 2 aromatic carbocycles. The quantitative estimate of drug-likeness (QED) is 0.323. The van der Waals surface area contributed by atoms with E-state index >= 15 is 0 Å². The maximum absolute atomic E-state index is 13.3. The molecule has 2 aromatic heterocycles. The van der Waals surface area contributed by atoms with Crippen LogP contribution in [-0.2, 0) is 11.3 Å². The molecule has 0 spiro atoms. The molecule has 8 heteroatoms. The molecule has 0 radical (unpaired) electrons. The van der Waals surface area contributed by atoms with Gasteiger partial charge >= 0.3 is 0 Å². The third-order valence-corrected chi connectivity index (χ3v) is 6.05. The van der Waals surface area contributed by atoms with Crippen LogP contribution in [0.5, 0.6) is 0 Å². The summed E-state index contributed by atoms with van der Waals surface area (Å²) in [6.07, 6.45) is 2.13. The Morgan fingerprint density at radius 3 is 2.59 bits per heavy atom. The van der Waals surface area contributed by atoms with Crippen molar-refractivity contribution in [3.63, 3.8) is 0 Å². The molecule has 0 saturated heterocycles. The van der Waals surface area contributed by atoms with E-state index in [1.807, 2.05) is 35.4 Å². The number of anilines is 2. The summed E-state index contributed by atoms with van der Waals surface area (Å²) in [6, 6.07) is 16.6. The lowest BCUT2D eigenvalue weighted by Gasteiger charge is -2.30. The van der Waals surface area contributed by atoms with Gasteiger partial charge in [0.25, 0.3) is 0 Å². The van der Waals surface area contributed by atoms with Crippen LogP contribution in [0.3, 0.4) is 0 Å². The van der Waals surface area contributed by atoms with Crippen LogP contribution < -0.4 is 10.2 Å². The predicted molar refractivity (Wildman–Crippen MR) is 126 cm³/mol. The van der Waals surface area contributed by atoms with Gasteiger partial charge in [-0.3, -0.25) is 4.79 Å². The molecule has 0 fully saturated rings. The van der Waals surface area contributed by atoms with Gasteiger partial charge in [0.05, 0.1) is 18.5 Å². The number of nitrogens with zero attached hydrogens (tertiary/aromatic N) is 2. The summed E-state index contributed by atoms with van der Waals surface area (Å²) in [5, 5.41) is 6.11. The van der Waals surface area contributed by atoms with Gasteiger partial charge in [-0.1, -0.05) is 18.5 Å². The number of halogens is 2. The number of carbonyl (C=O) groups excluding carboxylic acids is 1. The SMILES string of the molecule is CCC(C(=O)NCc1ccco1)N(c1ccc(Cl)cc1)c1nc(-c2ccc(F)cc2)cs1. The Morgan fingerprint density at radius 2 is 1.94 bits per heavy atom. The molecule has 0 aliphatic rings. The molecular weight excluding hydrogens is 449 g/mol. The maximum atomic E-state index is 13.3. The fourth-order valence-electron chi connectivity index (χ4n) is 3.34. The normalized spacial score (nSPS) is 11.8. The zero-order chi connectivity index (χ0) is 22.5. The third-order valence-electron chi connectivity index (χ3n) is 4.96. The van der Waals surface area contributed by atoms with Crippen LogP contribution in [0.1, 0.15) is 19.1 Å². The van der Waals surface area contributed by atoms with Gasteiger partial charge in [-0.2, -0.15) is 0 Å². The summed E-state index contributed by atoms with van der Waals surface area (Å²) in [5.41, 5.74) is 2.32. The Bertz CT molecular complexity index is 1160. The van der Waals surface area contributed by atoms with Crippen molar-refractivity contribution in [1.82, 2.24) is 10.3 Å². The molecule has 164 valence electrons. The number of carbonyl (C=O) groups is 1. The molecule has 4 aromatic rings. The second-order valence-electron chi connectivity index (χ2n) is 7.09. The van der Waals surface area contributed by atoms with Gasteiger partial charge in [0.15, 0.2) is 5.13 Å². The number of amides is 1. The Morgan fingerprint density at radius 1 is 1.19 bits per heavy atom. The van der Waals surface area contributed by atoms with E-state index in [4.69, 9.17) is 21.0 Å². The number of hydrogen-bond acceptors (Lipinski definition) is 5. The fourth-order valence-corrected chi connectivity index (χ4v) is 4.37. The van der Waals surface area contributed by atoms with Crippen LogP contribution >= 0.6 is 22.9 Å². The molecule has 2 heterocycles. The van der Waals surface area contributed by atoms with Crippen molar-refractivity contribution in [3.05, 3.63) is 88.9 Å². The van der Waals surface area contributed by atoms with Crippen LogP contribution in [-0.4, -0.2) is 16.9 Å². The summed E-state index contributed by atoms with van der Waals surface area (Å²) in [6.45, 7) is 2.25. The van der Waals surface area contributed by atoms with E-state index in [-0.39, 0.29) is 11.7 Å². The fraction of sp³-hybridized carbons (Fsp3) is 0.167. The highest BCUT2D eigenvalue weighted by molar-refractivity contribution is 7.14. The first-order chi connectivity index (χ1) is 15.5. The minimum absolute atomic E-state index is 0.141. The van der Waals surface area contributed by atoms with Crippen molar-refractivity contribution in [3.8, 4) is 11.3 Å². The molecule has 0 aliphatic heterocycles. The van der Waals surface area contributed by atoms with Gasteiger partial charge < -0.3 is 14.6 Å². The highest BCUT2D eigenvalue weighted by Gasteiger charge is 2.28. The van der Waals surface area contributed by atoms with E-state index in [0.29, 0.717) is 28.9 Å². The number of aromatic nitrogens is 1. The van der Waals surface area contributed by atoms with E-state index in [1.54, 1.807) is 36.6 Å². The van der Waals surface area contributed by atoms with Crippen molar-refractivity contribution in [2.24, 2.45) is 0 Å². The first-order valence-corrected chi connectivity index (χ1v) is 11.4. The molecule has 1 N–H and O–H groups in total. The van der Waals surface area contributed by atoms with Crippen LogP contribution in [0.15, 0.2) is 76.7 Å². The zero-order valence-corrected chi connectivity index (χ0v) is 18.9. The summed E-state index contributed by atoms with van der Waals surface area (Å²) in [4.78, 5) is 19.8. The molecule has 1 atom stereocenters. The number of furan rings is 1. The van der Waals surface area contributed by atoms with Crippen molar-refractivity contribution < 1.29 is 13.6 Å². The number of benzene rings is 2. The first-order valence-electron chi connectivity index (χ1n) is 10.1. The topological polar surface area (TPSA) is 58.4 Å². The Kier molecular flexibility index (Phi) is 6.87. The minimum Gasteiger partial charge on any atom is -0.467 e. The number of hydrogen-bond donors (Lipinski definition) is 1. The largest absolute Gasteiger partial charge is 0.467 e. The lowest BCUT2D eigenvalue weighted by molar-refractivity contribution is -0.122. The minimum atomic E-state index is -0.502. The molecule has 0 bridgehead atoms. The number of thiazole rings is 1. The first kappa shape index (κ1) is 22.0. The summed E-state index contributed by atoms with van der Waals surface area (Å²) in [7, 11) is 0. The lowest BCUT2D eigenvalue weighted by atomic mass is 10.1. The van der Waals surface area contributed by atoms with Gasteiger partial charge in [0, 0.05) is 21.7 Å². The smallest absolute Gasteiger partial charge is 0.243 e. The second-order valence-corrected chi connectivity index (χ2v) is 8.36. The average Bonchev–Trinajstić information content (AvgIpc) is 3.49. The van der Waals surface area contributed by atoms with Crippen molar-refractivity contribution >= 4 is 39.7 Å². The third kappa shape index (κ3) is 5.00. The number of nitrogens with one attached hydrogen (secondary N) is 1. The van der Waals surface area contributed by atoms with Crippen molar-refractivity contribution in [2.75, 3.05) is 4.90 Å². The molecule has 0 aliphatic carbocycles. The Labute approximate surface area is 194 Å². The summed E-state index contributed by atoms with van der Waals surface area (Å²) < 4.78 is 18.6. The van der Waals surface area contributed by atoms with Gasteiger partial charge in [0.1, 0.15) is 17.6 Å². The van der Waals surface area contributed by atoms with Crippen LogP contribution in [0.25, 0.3) is 11.3 Å². The second kappa shape index (κ2) is 9.97. The Balaban J connectivity index is 1.66. The maximum Gasteiger partial charge on any atom is 0.243 e. The standard InChI is InChI=1S/C24H21ClFN3O2S/c1-2-22(23(30)27-14-20-4-3-13-31-20)29(19-11-7-17(25)8-12-19)24-28-21(15-32-24)16-5-9-18(26)10-6-16/h3-13,15,22H,2,14H2,1H3,(H,27,30). The van der Waals surface area contributed by atoms with E-state index in [2.05, 4.69) is 5.32 Å². The lowest BCUT2D eigenvalue weighted by Crippen LogP contribution is -2.44. The summed E-state index contributed by atoms with van der Waals surface area (Å²) >= 11 is 7.51.